The first-order chi connectivity index (χ1) is 12.3. The fraction of sp³-hybridized carbons (Fsp3) is 0.421. The second-order valence-electron chi connectivity index (χ2n) is 6.61. The molecule has 0 bridgehead atoms. The molecule has 0 amide bonds. The number of rotatable bonds is 5. The van der Waals surface area contributed by atoms with E-state index in [-0.39, 0.29) is 16.6 Å². The molecule has 1 fully saturated rings. The molecule has 1 saturated heterocycles. The van der Waals surface area contributed by atoms with E-state index in [9.17, 15) is 13.2 Å². The van der Waals surface area contributed by atoms with E-state index >= 15 is 0 Å². The third-order valence-corrected chi connectivity index (χ3v) is 7.79. The maximum Gasteiger partial charge on any atom is 0.246 e. The molecule has 1 aromatic heterocycles. The van der Waals surface area contributed by atoms with Crippen LogP contribution in [-0.4, -0.2) is 38.7 Å². The molecule has 0 aliphatic carbocycles. The van der Waals surface area contributed by atoms with Crippen LogP contribution in [0.5, 0.6) is 5.75 Å². The van der Waals surface area contributed by atoms with Gasteiger partial charge >= 0.3 is 0 Å². The smallest absolute Gasteiger partial charge is 0.246 e. The predicted octanol–water partition coefficient (Wildman–Crippen LogP) is 3.66. The van der Waals surface area contributed by atoms with Crippen LogP contribution < -0.4 is 4.74 Å². The van der Waals surface area contributed by atoms with Crippen LogP contribution in [0.1, 0.15) is 33.6 Å². The fourth-order valence-corrected chi connectivity index (χ4v) is 5.68. The second-order valence-corrected chi connectivity index (χ2v) is 9.46. The molecule has 0 N–H and O–H groups in total. The van der Waals surface area contributed by atoms with Crippen molar-refractivity contribution in [2.24, 2.45) is 5.92 Å². The summed E-state index contributed by atoms with van der Waals surface area (Å²) in [5.74, 6) is 0.382. The number of nitrogens with zero attached hydrogens (tertiary/aromatic N) is 1. The standard InChI is InChI=1S/C19H23NO4S2/c1-13-11-16(24-3)18(12-14(13)2)26(22,23)20-8-6-15(7-9-20)19(21)17-5-4-10-25-17/h4-5,10-12,15H,6-9H2,1-3H3. The molecule has 2 aromatic rings. The maximum atomic E-state index is 13.1. The van der Waals surface area contributed by atoms with Gasteiger partial charge in [-0.25, -0.2) is 8.42 Å². The zero-order chi connectivity index (χ0) is 18.9. The van der Waals surface area contributed by atoms with Gasteiger partial charge in [0.25, 0.3) is 0 Å². The lowest BCUT2D eigenvalue weighted by molar-refractivity contribution is 0.0879. The van der Waals surface area contributed by atoms with Crippen LogP contribution in [0.4, 0.5) is 0 Å². The van der Waals surface area contributed by atoms with Crippen molar-refractivity contribution < 1.29 is 17.9 Å². The molecule has 1 aliphatic rings. The Kier molecular flexibility index (Phi) is 5.50. The van der Waals surface area contributed by atoms with Crippen molar-refractivity contribution in [2.75, 3.05) is 20.2 Å². The van der Waals surface area contributed by atoms with E-state index in [1.165, 1.54) is 22.8 Å². The molecule has 0 atom stereocenters. The first-order valence-electron chi connectivity index (χ1n) is 8.57. The van der Waals surface area contributed by atoms with Gasteiger partial charge in [0.15, 0.2) is 5.78 Å². The topological polar surface area (TPSA) is 63.7 Å². The number of methoxy groups -OCH3 is 1. The minimum atomic E-state index is -3.65. The Morgan fingerprint density at radius 1 is 1.19 bits per heavy atom. The molecule has 26 heavy (non-hydrogen) atoms. The predicted molar refractivity (Wildman–Crippen MR) is 103 cm³/mol. The molecule has 0 radical (unpaired) electrons. The van der Waals surface area contributed by atoms with Crippen LogP contribution in [0.3, 0.4) is 0 Å². The minimum Gasteiger partial charge on any atom is -0.495 e. The molecule has 2 heterocycles. The molecular weight excluding hydrogens is 370 g/mol. The first kappa shape index (κ1) is 19.1. The number of piperidine rings is 1. The van der Waals surface area contributed by atoms with Crippen LogP contribution in [0, 0.1) is 19.8 Å². The van der Waals surface area contributed by atoms with Crippen molar-refractivity contribution in [3.8, 4) is 5.75 Å². The number of thiophene rings is 1. The van der Waals surface area contributed by atoms with Gasteiger partial charge in [-0.1, -0.05) is 6.07 Å². The number of carbonyl (C=O) groups is 1. The van der Waals surface area contributed by atoms with Crippen molar-refractivity contribution in [1.29, 1.82) is 0 Å². The van der Waals surface area contributed by atoms with Crippen LogP contribution >= 0.6 is 11.3 Å². The van der Waals surface area contributed by atoms with Crippen LogP contribution in [0.15, 0.2) is 34.5 Å². The Hall–Kier alpha value is -1.70. The highest BCUT2D eigenvalue weighted by molar-refractivity contribution is 7.89. The zero-order valence-electron chi connectivity index (χ0n) is 15.2. The fourth-order valence-electron chi connectivity index (χ4n) is 3.24. The summed E-state index contributed by atoms with van der Waals surface area (Å²) >= 11 is 1.44. The van der Waals surface area contributed by atoms with E-state index in [2.05, 4.69) is 0 Å². The normalized spacial score (nSPS) is 16.6. The van der Waals surface area contributed by atoms with Crippen LogP contribution in [0.25, 0.3) is 0 Å². The minimum absolute atomic E-state index is 0.109. The van der Waals surface area contributed by atoms with Gasteiger partial charge in [-0.15, -0.1) is 11.3 Å². The summed E-state index contributed by atoms with van der Waals surface area (Å²) in [6, 6.07) is 7.13. The SMILES string of the molecule is COc1cc(C)c(C)cc1S(=O)(=O)N1CCC(C(=O)c2cccs2)CC1. The maximum absolute atomic E-state index is 13.1. The summed E-state index contributed by atoms with van der Waals surface area (Å²) in [6.45, 7) is 4.51. The molecule has 0 spiro atoms. The number of hydrogen-bond acceptors (Lipinski definition) is 5. The molecule has 7 heteroatoms. The second kappa shape index (κ2) is 7.50. The van der Waals surface area contributed by atoms with Gasteiger partial charge in [0.2, 0.25) is 10.0 Å². The lowest BCUT2D eigenvalue weighted by Crippen LogP contribution is -2.40. The van der Waals surface area contributed by atoms with Crippen molar-refractivity contribution in [3.05, 3.63) is 45.6 Å². The largest absolute Gasteiger partial charge is 0.495 e. The van der Waals surface area contributed by atoms with E-state index in [0.29, 0.717) is 31.7 Å². The van der Waals surface area contributed by atoms with Crippen molar-refractivity contribution in [2.45, 2.75) is 31.6 Å². The third-order valence-electron chi connectivity index (χ3n) is 4.99. The summed E-state index contributed by atoms with van der Waals surface area (Å²) in [4.78, 5) is 13.4. The summed E-state index contributed by atoms with van der Waals surface area (Å²) in [7, 11) is -2.17. The molecule has 0 unspecified atom stereocenters. The first-order valence-corrected chi connectivity index (χ1v) is 10.9. The molecular formula is C19H23NO4S2. The highest BCUT2D eigenvalue weighted by Gasteiger charge is 2.34. The lowest BCUT2D eigenvalue weighted by atomic mass is 9.93. The van der Waals surface area contributed by atoms with Crippen LogP contribution in [-0.2, 0) is 10.0 Å². The average Bonchev–Trinajstić information content (AvgIpc) is 3.17. The Morgan fingerprint density at radius 3 is 2.42 bits per heavy atom. The van der Waals surface area contributed by atoms with Crippen molar-refractivity contribution in [3.63, 3.8) is 0 Å². The molecule has 140 valence electrons. The number of hydrogen-bond donors (Lipinski definition) is 0. The van der Waals surface area contributed by atoms with Gasteiger partial charge in [-0.3, -0.25) is 4.79 Å². The van der Waals surface area contributed by atoms with Crippen molar-refractivity contribution >= 4 is 27.1 Å². The molecule has 1 aliphatic heterocycles. The van der Waals surface area contributed by atoms with Gasteiger partial charge in [0, 0.05) is 19.0 Å². The zero-order valence-corrected chi connectivity index (χ0v) is 16.8. The lowest BCUT2D eigenvalue weighted by Gasteiger charge is -2.30. The third kappa shape index (κ3) is 3.56. The highest BCUT2D eigenvalue weighted by atomic mass is 32.2. The summed E-state index contributed by atoms with van der Waals surface area (Å²) in [5.41, 5.74) is 1.90. The summed E-state index contributed by atoms with van der Waals surface area (Å²) < 4.78 is 33.0. The highest BCUT2D eigenvalue weighted by Crippen LogP contribution is 2.32. The molecule has 0 saturated carbocycles. The molecule has 1 aromatic carbocycles. The van der Waals surface area contributed by atoms with E-state index in [4.69, 9.17) is 4.74 Å². The van der Waals surface area contributed by atoms with E-state index < -0.39 is 10.0 Å². The van der Waals surface area contributed by atoms with Gasteiger partial charge < -0.3 is 4.74 Å². The monoisotopic (exact) mass is 393 g/mol. The van der Waals surface area contributed by atoms with Crippen molar-refractivity contribution in [1.82, 2.24) is 4.31 Å². The number of ether oxygens (including phenoxy) is 1. The average molecular weight is 394 g/mol. The quantitative estimate of drug-likeness (QED) is 0.727. The number of sulfonamides is 1. The Labute approximate surface area is 158 Å². The summed E-state index contributed by atoms with van der Waals surface area (Å²) in [6.07, 6.45) is 1.09. The number of Topliss-reactive ketones (excluding diaryl/α,β-unsaturated/α-hetero) is 1. The van der Waals surface area contributed by atoms with E-state index in [1.54, 1.807) is 12.1 Å². The molecule has 3 rings (SSSR count). The number of carbonyl (C=O) groups excluding carboxylic acids is 1. The Bertz CT molecular complexity index is 896. The number of benzene rings is 1. The van der Waals surface area contributed by atoms with E-state index in [0.717, 1.165) is 16.0 Å². The van der Waals surface area contributed by atoms with Gasteiger partial charge in [-0.05, 0) is 61.4 Å². The number of aryl methyl sites for hydroxylation is 2. The molecule has 5 nitrogen and oxygen atoms in total. The van der Waals surface area contributed by atoms with Gasteiger partial charge in [-0.2, -0.15) is 4.31 Å². The van der Waals surface area contributed by atoms with Gasteiger partial charge in [0.05, 0.1) is 12.0 Å². The number of ketones is 1. The van der Waals surface area contributed by atoms with Crippen LogP contribution in [0.2, 0.25) is 0 Å². The van der Waals surface area contributed by atoms with E-state index in [1.807, 2.05) is 31.4 Å². The Morgan fingerprint density at radius 2 is 1.85 bits per heavy atom. The van der Waals surface area contributed by atoms with Gasteiger partial charge in [0.1, 0.15) is 10.6 Å². The Balaban J connectivity index is 1.78. The summed E-state index contributed by atoms with van der Waals surface area (Å²) in [5, 5.41) is 1.89.